The highest BCUT2D eigenvalue weighted by Crippen LogP contribution is 2.29. The Morgan fingerprint density at radius 3 is 2.52 bits per heavy atom. The summed E-state index contributed by atoms with van der Waals surface area (Å²) in [6.07, 6.45) is -1.10. The highest BCUT2D eigenvalue weighted by Gasteiger charge is 2.31. The first kappa shape index (κ1) is 23.2. The number of amides is 1. The van der Waals surface area contributed by atoms with E-state index in [1.165, 1.54) is 22.5 Å². The van der Waals surface area contributed by atoms with Crippen molar-refractivity contribution in [1.29, 1.82) is 0 Å². The van der Waals surface area contributed by atoms with Crippen LogP contribution in [0.3, 0.4) is 0 Å². The standard InChI is InChI=1S/C21H22F3N5O3S/c1-14-5-7-16(33(31,32)28-9-3-2-4-10-28)11-17(14)20(30)25-12-19-27-26-18-8-6-15(13-29(18)19)21(22,23)24/h5-8,11,13H,2-4,9-10,12H2,1H3,(H,25,30). The fraction of sp³-hybridized carbons (Fsp3) is 0.381. The molecule has 33 heavy (non-hydrogen) atoms. The number of aryl methyl sites for hydroxylation is 1. The average molecular weight is 482 g/mol. The number of rotatable bonds is 5. The van der Waals surface area contributed by atoms with Crippen molar-refractivity contribution < 1.29 is 26.4 Å². The number of carbonyl (C=O) groups excluding carboxylic acids is 1. The van der Waals surface area contributed by atoms with Gasteiger partial charge in [-0.1, -0.05) is 12.5 Å². The van der Waals surface area contributed by atoms with Crippen molar-refractivity contribution in [2.24, 2.45) is 0 Å². The van der Waals surface area contributed by atoms with E-state index >= 15 is 0 Å². The molecule has 1 N–H and O–H groups in total. The number of nitrogens with zero attached hydrogens (tertiary/aromatic N) is 4. The van der Waals surface area contributed by atoms with Crippen LogP contribution in [0.1, 0.15) is 46.6 Å². The molecule has 1 aromatic carbocycles. The van der Waals surface area contributed by atoms with Gasteiger partial charge >= 0.3 is 6.18 Å². The number of hydrogen-bond acceptors (Lipinski definition) is 5. The molecule has 176 valence electrons. The molecular weight excluding hydrogens is 459 g/mol. The molecule has 0 unspecified atom stereocenters. The van der Waals surface area contributed by atoms with E-state index in [1.54, 1.807) is 13.0 Å². The molecule has 0 aliphatic carbocycles. The fourth-order valence-corrected chi connectivity index (χ4v) is 5.29. The third kappa shape index (κ3) is 4.71. The number of alkyl halides is 3. The maximum Gasteiger partial charge on any atom is 0.417 e. The molecule has 0 radical (unpaired) electrons. The molecule has 12 heteroatoms. The third-order valence-corrected chi connectivity index (χ3v) is 7.51. The van der Waals surface area contributed by atoms with E-state index in [-0.39, 0.29) is 28.5 Å². The molecule has 1 saturated heterocycles. The van der Waals surface area contributed by atoms with Crippen LogP contribution in [0.25, 0.3) is 5.65 Å². The van der Waals surface area contributed by atoms with Crippen LogP contribution in [0.15, 0.2) is 41.4 Å². The summed E-state index contributed by atoms with van der Waals surface area (Å²) < 4.78 is 67.6. The van der Waals surface area contributed by atoms with E-state index < -0.39 is 27.7 Å². The lowest BCUT2D eigenvalue weighted by Gasteiger charge is -2.26. The van der Waals surface area contributed by atoms with Crippen molar-refractivity contribution in [3.63, 3.8) is 0 Å². The summed E-state index contributed by atoms with van der Waals surface area (Å²) in [5.74, 6) is -0.453. The van der Waals surface area contributed by atoms with Crippen LogP contribution in [0.4, 0.5) is 13.2 Å². The molecule has 0 bridgehead atoms. The summed E-state index contributed by atoms with van der Waals surface area (Å²) in [6, 6.07) is 6.47. The van der Waals surface area contributed by atoms with Crippen LogP contribution in [-0.2, 0) is 22.7 Å². The molecule has 4 rings (SSSR count). The topological polar surface area (TPSA) is 96.7 Å². The molecule has 3 aromatic rings. The summed E-state index contributed by atoms with van der Waals surface area (Å²) >= 11 is 0. The number of halogens is 3. The van der Waals surface area contributed by atoms with E-state index in [9.17, 15) is 26.4 Å². The number of nitrogens with one attached hydrogen (secondary N) is 1. The monoisotopic (exact) mass is 481 g/mol. The van der Waals surface area contributed by atoms with E-state index in [2.05, 4.69) is 15.5 Å². The van der Waals surface area contributed by atoms with Gasteiger partial charge in [0.15, 0.2) is 11.5 Å². The number of aromatic nitrogens is 3. The van der Waals surface area contributed by atoms with E-state index in [1.807, 2.05) is 0 Å². The predicted molar refractivity (Wildman–Crippen MR) is 113 cm³/mol. The maximum absolute atomic E-state index is 13.0. The van der Waals surface area contributed by atoms with Crippen molar-refractivity contribution in [1.82, 2.24) is 24.2 Å². The second-order valence-electron chi connectivity index (χ2n) is 7.88. The fourth-order valence-electron chi connectivity index (χ4n) is 3.74. The second kappa shape index (κ2) is 8.75. The molecule has 0 atom stereocenters. The van der Waals surface area contributed by atoms with Crippen LogP contribution < -0.4 is 5.32 Å². The summed E-state index contributed by atoms with van der Waals surface area (Å²) in [7, 11) is -3.72. The minimum atomic E-state index is -4.53. The highest BCUT2D eigenvalue weighted by molar-refractivity contribution is 7.89. The number of fused-ring (bicyclic) bond motifs is 1. The van der Waals surface area contributed by atoms with E-state index in [0.717, 1.165) is 35.9 Å². The maximum atomic E-state index is 13.0. The lowest BCUT2D eigenvalue weighted by molar-refractivity contribution is -0.137. The highest BCUT2D eigenvalue weighted by atomic mass is 32.2. The number of carbonyl (C=O) groups is 1. The molecule has 3 heterocycles. The predicted octanol–water partition coefficient (Wildman–Crippen LogP) is 3.16. The zero-order valence-electron chi connectivity index (χ0n) is 17.8. The third-order valence-electron chi connectivity index (χ3n) is 5.61. The molecule has 0 saturated carbocycles. The Hall–Kier alpha value is -2.99. The Balaban J connectivity index is 1.55. The first-order valence-corrected chi connectivity index (χ1v) is 11.8. The Morgan fingerprint density at radius 1 is 1.09 bits per heavy atom. The van der Waals surface area contributed by atoms with Gasteiger partial charge in [-0.15, -0.1) is 10.2 Å². The smallest absolute Gasteiger partial charge is 0.345 e. The Morgan fingerprint density at radius 2 is 1.82 bits per heavy atom. The lowest BCUT2D eigenvalue weighted by Crippen LogP contribution is -2.35. The van der Waals surface area contributed by atoms with Gasteiger partial charge in [-0.2, -0.15) is 17.5 Å². The first-order chi connectivity index (χ1) is 15.6. The number of sulfonamides is 1. The Kier molecular flexibility index (Phi) is 6.14. The van der Waals surface area contributed by atoms with Gasteiger partial charge in [-0.25, -0.2) is 8.42 Å². The van der Waals surface area contributed by atoms with Gasteiger partial charge in [0, 0.05) is 24.8 Å². The zero-order chi connectivity index (χ0) is 23.8. The Labute approximate surface area is 188 Å². The van der Waals surface area contributed by atoms with Crippen molar-refractivity contribution in [2.45, 2.75) is 43.8 Å². The minimum absolute atomic E-state index is 0.0305. The van der Waals surface area contributed by atoms with Gasteiger partial charge in [0.2, 0.25) is 10.0 Å². The van der Waals surface area contributed by atoms with Crippen molar-refractivity contribution in [3.05, 3.63) is 59.0 Å². The van der Waals surface area contributed by atoms with Crippen molar-refractivity contribution in [3.8, 4) is 0 Å². The molecule has 1 amide bonds. The second-order valence-corrected chi connectivity index (χ2v) is 9.82. The zero-order valence-corrected chi connectivity index (χ0v) is 18.6. The molecule has 0 spiro atoms. The molecular formula is C21H22F3N5O3S. The summed E-state index contributed by atoms with van der Waals surface area (Å²) in [4.78, 5) is 12.9. The molecule has 1 fully saturated rings. The molecule has 1 aliphatic heterocycles. The number of pyridine rings is 1. The Bertz CT molecular complexity index is 1300. The SMILES string of the molecule is Cc1ccc(S(=O)(=O)N2CCCCC2)cc1C(=O)NCc1nnc2ccc(C(F)(F)F)cn12. The molecule has 8 nitrogen and oxygen atoms in total. The summed E-state index contributed by atoms with van der Waals surface area (Å²) in [5, 5.41) is 10.3. The van der Waals surface area contributed by atoms with Gasteiger partial charge in [0.05, 0.1) is 17.0 Å². The van der Waals surface area contributed by atoms with Crippen LogP contribution in [0, 0.1) is 6.92 Å². The van der Waals surface area contributed by atoms with Gasteiger partial charge in [-0.3, -0.25) is 9.20 Å². The van der Waals surface area contributed by atoms with Crippen molar-refractivity contribution in [2.75, 3.05) is 13.1 Å². The lowest BCUT2D eigenvalue weighted by atomic mass is 10.1. The summed E-state index contributed by atoms with van der Waals surface area (Å²) in [5.41, 5.74) is 0.0698. The van der Waals surface area contributed by atoms with Gasteiger partial charge in [0.25, 0.3) is 5.91 Å². The first-order valence-electron chi connectivity index (χ1n) is 10.4. The van der Waals surface area contributed by atoms with Gasteiger partial charge in [0.1, 0.15) is 0 Å². The minimum Gasteiger partial charge on any atom is -0.345 e. The average Bonchev–Trinajstić information content (AvgIpc) is 3.20. The summed E-state index contributed by atoms with van der Waals surface area (Å²) in [6.45, 7) is 2.37. The van der Waals surface area contributed by atoms with Gasteiger partial charge in [-0.05, 0) is 49.6 Å². The number of piperidine rings is 1. The number of benzene rings is 1. The van der Waals surface area contributed by atoms with Gasteiger partial charge < -0.3 is 5.32 Å². The number of hydrogen-bond donors (Lipinski definition) is 1. The normalized spacial score (nSPS) is 15.6. The van der Waals surface area contributed by atoms with Crippen LogP contribution in [-0.4, -0.2) is 46.3 Å². The van der Waals surface area contributed by atoms with Crippen LogP contribution in [0.2, 0.25) is 0 Å². The largest absolute Gasteiger partial charge is 0.417 e. The van der Waals surface area contributed by atoms with Crippen LogP contribution in [0.5, 0.6) is 0 Å². The quantitative estimate of drug-likeness (QED) is 0.604. The van der Waals surface area contributed by atoms with Crippen molar-refractivity contribution >= 4 is 21.6 Å². The molecule has 2 aromatic heterocycles. The van der Waals surface area contributed by atoms with E-state index in [0.29, 0.717) is 18.7 Å². The van der Waals surface area contributed by atoms with E-state index in [4.69, 9.17) is 0 Å². The van der Waals surface area contributed by atoms with Crippen LogP contribution >= 0.6 is 0 Å². The molecule has 1 aliphatic rings.